The molecule has 0 saturated carbocycles. The van der Waals surface area contributed by atoms with E-state index in [9.17, 15) is 0 Å². The SMILES string of the molecule is C=CCCN1CCCCCC1=N. The van der Waals surface area contributed by atoms with Crippen molar-refractivity contribution in [2.24, 2.45) is 0 Å². The minimum absolute atomic E-state index is 0.828. The lowest BCUT2D eigenvalue weighted by Crippen LogP contribution is -2.30. The summed E-state index contributed by atoms with van der Waals surface area (Å²) >= 11 is 0. The lowest BCUT2D eigenvalue weighted by atomic mass is 10.2. The molecule has 0 bridgehead atoms. The largest absolute Gasteiger partial charge is 0.360 e. The van der Waals surface area contributed by atoms with E-state index in [-0.39, 0.29) is 0 Å². The van der Waals surface area contributed by atoms with Gasteiger partial charge in [-0.3, -0.25) is 5.41 Å². The van der Waals surface area contributed by atoms with Crippen LogP contribution in [0.4, 0.5) is 0 Å². The zero-order valence-corrected chi connectivity index (χ0v) is 7.68. The van der Waals surface area contributed by atoms with Crippen LogP contribution in [0.3, 0.4) is 0 Å². The average Bonchev–Trinajstić information content (AvgIpc) is 2.27. The molecular weight excluding hydrogens is 148 g/mol. The first-order chi connectivity index (χ1) is 5.84. The summed E-state index contributed by atoms with van der Waals surface area (Å²) < 4.78 is 0. The lowest BCUT2D eigenvalue weighted by Gasteiger charge is -2.21. The third kappa shape index (κ3) is 2.68. The molecule has 2 nitrogen and oxygen atoms in total. The van der Waals surface area contributed by atoms with E-state index in [0.717, 1.165) is 31.8 Å². The molecule has 1 N–H and O–H groups in total. The van der Waals surface area contributed by atoms with Gasteiger partial charge in [-0.05, 0) is 19.3 Å². The van der Waals surface area contributed by atoms with Gasteiger partial charge in [0, 0.05) is 19.5 Å². The van der Waals surface area contributed by atoms with E-state index >= 15 is 0 Å². The van der Waals surface area contributed by atoms with Gasteiger partial charge in [0.2, 0.25) is 0 Å². The molecule has 1 fully saturated rings. The summed E-state index contributed by atoms with van der Waals surface area (Å²) in [5, 5.41) is 7.76. The van der Waals surface area contributed by atoms with Gasteiger partial charge >= 0.3 is 0 Å². The molecule has 1 aliphatic rings. The molecule has 0 amide bonds. The van der Waals surface area contributed by atoms with Gasteiger partial charge in [-0.2, -0.15) is 0 Å². The normalized spacial score (nSPS) is 19.0. The second-order valence-electron chi connectivity index (χ2n) is 3.32. The van der Waals surface area contributed by atoms with Crippen LogP contribution in [-0.4, -0.2) is 23.8 Å². The van der Waals surface area contributed by atoms with Crippen molar-refractivity contribution >= 4 is 5.84 Å². The van der Waals surface area contributed by atoms with Crippen molar-refractivity contribution in [1.82, 2.24) is 4.90 Å². The summed E-state index contributed by atoms with van der Waals surface area (Å²) in [6.07, 6.45) is 7.63. The third-order valence-electron chi connectivity index (χ3n) is 2.33. The molecule has 1 saturated heterocycles. The van der Waals surface area contributed by atoms with E-state index in [0.29, 0.717) is 0 Å². The third-order valence-corrected chi connectivity index (χ3v) is 2.33. The molecule has 0 aromatic rings. The van der Waals surface area contributed by atoms with Gasteiger partial charge in [-0.15, -0.1) is 6.58 Å². The van der Waals surface area contributed by atoms with E-state index in [4.69, 9.17) is 5.41 Å². The van der Waals surface area contributed by atoms with Crippen LogP contribution in [0.2, 0.25) is 0 Å². The zero-order chi connectivity index (χ0) is 8.81. The standard InChI is InChI=1S/C10H18N2/c1-2-3-8-12-9-6-4-5-7-10(12)11/h2,11H,1,3-9H2. The Balaban J connectivity index is 2.36. The van der Waals surface area contributed by atoms with Crippen LogP contribution in [0.15, 0.2) is 12.7 Å². The van der Waals surface area contributed by atoms with Gasteiger partial charge in [0.1, 0.15) is 0 Å². The van der Waals surface area contributed by atoms with Crippen molar-refractivity contribution in [3.63, 3.8) is 0 Å². The highest BCUT2D eigenvalue weighted by Gasteiger charge is 2.11. The predicted octanol–water partition coefficient (Wildman–Crippen LogP) is 2.42. The van der Waals surface area contributed by atoms with Gasteiger partial charge in [-0.1, -0.05) is 12.5 Å². The Morgan fingerprint density at radius 1 is 1.42 bits per heavy atom. The Kier molecular flexibility index (Phi) is 3.85. The Bertz CT molecular complexity index is 163. The van der Waals surface area contributed by atoms with E-state index in [1.54, 1.807) is 0 Å². The molecule has 68 valence electrons. The molecule has 0 spiro atoms. The predicted molar refractivity (Wildman–Crippen MR) is 52.6 cm³/mol. The summed E-state index contributed by atoms with van der Waals surface area (Å²) in [6, 6.07) is 0. The molecule has 0 aromatic heterocycles. The summed E-state index contributed by atoms with van der Waals surface area (Å²) in [5.74, 6) is 0.828. The van der Waals surface area contributed by atoms with Crippen LogP contribution in [0.25, 0.3) is 0 Å². The van der Waals surface area contributed by atoms with Crippen molar-refractivity contribution < 1.29 is 0 Å². The van der Waals surface area contributed by atoms with E-state index in [1.807, 2.05) is 6.08 Å². The fourth-order valence-electron chi connectivity index (χ4n) is 1.56. The maximum atomic E-state index is 7.76. The number of hydrogen-bond donors (Lipinski definition) is 1. The van der Waals surface area contributed by atoms with Crippen LogP contribution in [0.5, 0.6) is 0 Å². The molecule has 0 aliphatic carbocycles. The minimum Gasteiger partial charge on any atom is -0.360 e. The smallest absolute Gasteiger partial charge is 0.0957 e. The first kappa shape index (κ1) is 9.30. The number of hydrogen-bond acceptors (Lipinski definition) is 1. The molecule has 12 heavy (non-hydrogen) atoms. The summed E-state index contributed by atoms with van der Waals surface area (Å²) in [6.45, 7) is 5.76. The quantitative estimate of drug-likeness (QED) is 0.640. The van der Waals surface area contributed by atoms with Crippen molar-refractivity contribution in [2.45, 2.75) is 32.1 Å². The molecule has 1 rings (SSSR count). The van der Waals surface area contributed by atoms with Gasteiger partial charge in [0.15, 0.2) is 0 Å². The molecule has 0 unspecified atom stereocenters. The summed E-state index contributed by atoms with van der Waals surface area (Å²) in [7, 11) is 0. The number of rotatable bonds is 3. The van der Waals surface area contributed by atoms with Crippen molar-refractivity contribution in [2.75, 3.05) is 13.1 Å². The van der Waals surface area contributed by atoms with Crippen molar-refractivity contribution in [3.8, 4) is 0 Å². The molecule has 1 heterocycles. The number of nitrogens with one attached hydrogen (secondary N) is 1. The van der Waals surface area contributed by atoms with Crippen LogP contribution in [0.1, 0.15) is 32.1 Å². The van der Waals surface area contributed by atoms with Crippen LogP contribution in [-0.2, 0) is 0 Å². The van der Waals surface area contributed by atoms with Gasteiger partial charge in [-0.25, -0.2) is 0 Å². The monoisotopic (exact) mass is 166 g/mol. The van der Waals surface area contributed by atoms with Crippen molar-refractivity contribution in [3.05, 3.63) is 12.7 Å². The highest BCUT2D eigenvalue weighted by Crippen LogP contribution is 2.11. The lowest BCUT2D eigenvalue weighted by molar-refractivity contribution is 0.419. The number of amidine groups is 1. The molecular formula is C10H18N2. The molecule has 2 heteroatoms. The van der Waals surface area contributed by atoms with Gasteiger partial charge < -0.3 is 4.90 Å². The summed E-state index contributed by atoms with van der Waals surface area (Å²) in [5.41, 5.74) is 0. The zero-order valence-electron chi connectivity index (χ0n) is 7.68. The topological polar surface area (TPSA) is 27.1 Å². The highest BCUT2D eigenvalue weighted by molar-refractivity contribution is 5.79. The second-order valence-corrected chi connectivity index (χ2v) is 3.32. The molecule has 1 aliphatic heterocycles. The number of nitrogens with zero attached hydrogens (tertiary/aromatic N) is 1. The summed E-state index contributed by atoms with van der Waals surface area (Å²) in [4.78, 5) is 2.19. The minimum atomic E-state index is 0.828. The van der Waals surface area contributed by atoms with E-state index in [2.05, 4.69) is 11.5 Å². The fourth-order valence-corrected chi connectivity index (χ4v) is 1.56. The average molecular weight is 166 g/mol. The van der Waals surface area contributed by atoms with Gasteiger partial charge in [0.05, 0.1) is 5.84 Å². The maximum absolute atomic E-state index is 7.76. The van der Waals surface area contributed by atoms with Crippen molar-refractivity contribution in [1.29, 1.82) is 5.41 Å². The fraction of sp³-hybridized carbons (Fsp3) is 0.700. The van der Waals surface area contributed by atoms with E-state index in [1.165, 1.54) is 19.3 Å². The second kappa shape index (κ2) is 4.96. The Labute approximate surface area is 74.8 Å². The first-order valence-corrected chi connectivity index (χ1v) is 4.78. The maximum Gasteiger partial charge on any atom is 0.0957 e. The number of likely N-dealkylation sites (tertiary alicyclic amines) is 1. The molecule has 0 aromatic carbocycles. The van der Waals surface area contributed by atoms with Crippen LogP contribution >= 0.6 is 0 Å². The molecule has 0 radical (unpaired) electrons. The highest BCUT2D eigenvalue weighted by atomic mass is 15.2. The Hall–Kier alpha value is -0.790. The Morgan fingerprint density at radius 3 is 3.00 bits per heavy atom. The molecule has 0 atom stereocenters. The van der Waals surface area contributed by atoms with Crippen LogP contribution in [0, 0.1) is 5.41 Å². The van der Waals surface area contributed by atoms with Gasteiger partial charge in [0.25, 0.3) is 0 Å². The Morgan fingerprint density at radius 2 is 2.25 bits per heavy atom. The van der Waals surface area contributed by atoms with E-state index < -0.39 is 0 Å². The van der Waals surface area contributed by atoms with Crippen LogP contribution < -0.4 is 0 Å². The first-order valence-electron chi connectivity index (χ1n) is 4.78.